The second-order valence-corrected chi connectivity index (χ2v) is 3.94. The standard InChI is InChI=1S/C9H9BrClFN2/c1-2-8(13)14-9-6(10)3-5(12)4-7(9)11/h3-4H,2H2,1H3,(H2,13,14). The summed E-state index contributed by atoms with van der Waals surface area (Å²) in [6.07, 6.45) is 0.625. The van der Waals surface area contributed by atoms with Crippen LogP contribution >= 0.6 is 27.5 Å². The molecule has 0 spiro atoms. The Hall–Kier alpha value is -0.610. The van der Waals surface area contributed by atoms with E-state index in [1.807, 2.05) is 6.92 Å². The van der Waals surface area contributed by atoms with Gasteiger partial charge in [-0.2, -0.15) is 0 Å². The molecule has 2 N–H and O–H groups in total. The second kappa shape index (κ2) is 4.75. The quantitative estimate of drug-likeness (QED) is 0.651. The summed E-state index contributed by atoms with van der Waals surface area (Å²) < 4.78 is 13.3. The third kappa shape index (κ3) is 2.69. The normalized spacial score (nSPS) is 11.9. The Labute approximate surface area is 95.1 Å². The molecule has 0 aliphatic heterocycles. The number of hydrogen-bond acceptors (Lipinski definition) is 1. The minimum absolute atomic E-state index is 0.244. The first-order chi connectivity index (χ1) is 6.54. The predicted octanol–water partition coefficient (Wildman–Crippen LogP) is 3.64. The van der Waals surface area contributed by atoms with Crippen molar-refractivity contribution in [3.8, 4) is 0 Å². The van der Waals surface area contributed by atoms with Crippen molar-refractivity contribution >= 4 is 39.1 Å². The summed E-state index contributed by atoms with van der Waals surface area (Å²) in [4.78, 5) is 4.07. The number of rotatable bonds is 2. The lowest BCUT2D eigenvalue weighted by Gasteiger charge is -2.03. The highest BCUT2D eigenvalue weighted by Crippen LogP contribution is 2.34. The summed E-state index contributed by atoms with van der Waals surface area (Å²) in [5, 5.41) is 0.244. The minimum atomic E-state index is -0.407. The number of nitrogens with zero attached hydrogens (tertiary/aromatic N) is 1. The number of benzene rings is 1. The molecule has 0 aromatic heterocycles. The number of nitrogens with two attached hydrogens (primary N) is 1. The SMILES string of the molecule is CCC(N)=Nc1c(Cl)cc(F)cc1Br. The molecule has 0 aliphatic rings. The first kappa shape index (κ1) is 11.5. The monoisotopic (exact) mass is 278 g/mol. The predicted molar refractivity (Wildman–Crippen MR) is 60.7 cm³/mol. The molecule has 1 aromatic rings. The summed E-state index contributed by atoms with van der Waals surface area (Å²) >= 11 is 8.97. The molecule has 2 nitrogen and oxygen atoms in total. The highest BCUT2D eigenvalue weighted by Gasteiger charge is 2.07. The molecular weight excluding hydrogens is 270 g/mol. The third-order valence-corrected chi connectivity index (χ3v) is 2.49. The molecule has 0 fully saturated rings. The van der Waals surface area contributed by atoms with E-state index in [9.17, 15) is 4.39 Å². The van der Waals surface area contributed by atoms with E-state index in [1.54, 1.807) is 0 Å². The van der Waals surface area contributed by atoms with Gasteiger partial charge in [-0.15, -0.1) is 0 Å². The number of halogens is 3. The van der Waals surface area contributed by atoms with Crippen LogP contribution in [0.4, 0.5) is 10.1 Å². The highest BCUT2D eigenvalue weighted by molar-refractivity contribution is 9.10. The first-order valence-electron chi connectivity index (χ1n) is 4.02. The lowest BCUT2D eigenvalue weighted by atomic mass is 10.3. The molecule has 0 unspecified atom stereocenters. The van der Waals surface area contributed by atoms with Crippen molar-refractivity contribution in [2.24, 2.45) is 10.7 Å². The smallest absolute Gasteiger partial charge is 0.125 e. The van der Waals surface area contributed by atoms with E-state index in [2.05, 4.69) is 20.9 Å². The molecule has 1 aromatic carbocycles. The van der Waals surface area contributed by atoms with Gasteiger partial charge in [0.25, 0.3) is 0 Å². The highest BCUT2D eigenvalue weighted by atomic mass is 79.9. The van der Waals surface area contributed by atoms with Crippen LogP contribution in [0.3, 0.4) is 0 Å². The van der Waals surface area contributed by atoms with Crippen LogP contribution in [0.25, 0.3) is 0 Å². The molecule has 0 heterocycles. The van der Waals surface area contributed by atoms with Crippen LogP contribution in [0, 0.1) is 5.82 Å². The van der Waals surface area contributed by atoms with E-state index < -0.39 is 5.82 Å². The maximum atomic E-state index is 12.8. The van der Waals surface area contributed by atoms with Crippen molar-refractivity contribution in [2.75, 3.05) is 0 Å². The Balaban J connectivity index is 3.21. The number of hydrogen-bond donors (Lipinski definition) is 1. The molecule has 0 saturated carbocycles. The van der Waals surface area contributed by atoms with Gasteiger partial charge in [0.1, 0.15) is 5.82 Å². The number of amidine groups is 1. The Morgan fingerprint density at radius 3 is 2.79 bits per heavy atom. The van der Waals surface area contributed by atoms with Gasteiger partial charge in [-0.3, -0.25) is 0 Å². The fourth-order valence-corrected chi connectivity index (χ4v) is 1.75. The zero-order valence-corrected chi connectivity index (χ0v) is 9.86. The summed E-state index contributed by atoms with van der Waals surface area (Å²) in [6, 6.07) is 2.50. The van der Waals surface area contributed by atoms with Crippen molar-refractivity contribution in [2.45, 2.75) is 13.3 Å². The molecule has 5 heteroatoms. The van der Waals surface area contributed by atoms with E-state index >= 15 is 0 Å². The average molecular weight is 280 g/mol. The zero-order valence-electron chi connectivity index (χ0n) is 7.52. The molecule has 0 atom stereocenters. The summed E-state index contributed by atoms with van der Waals surface area (Å²) in [5.41, 5.74) is 6.02. The molecular formula is C9H9BrClFN2. The maximum Gasteiger partial charge on any atom is 0.125 e. The van der Waals surface area contributed by atoms with Gasteiger partial charge in [-0.1, -0.05) is 18.5 Å². The van der Waals surface area contributed by atoms with Crippen molar-refractivity contribution in [3.63, 3.8) is 0 Å². The molecule has 0 radical (unpaired) electrons. The number of aliphatic imine (C=N–C) groups is 1. The maximum absolute atomic E-state index is 12.8. The molecule has 76 valence electrons. The molecule has 0 aliphatic carbocycles. The van der Waals surface area contributed by atoms with Gasteiger partial charge < -0.3 is 5.73 Å². The van der Waals surface area contributed by atoms with Gasteiger partial charge in [0.15, 0.2) is 0 Å². The second-order valence-electron chi connectivity index (χ2n) is 2.67. The van der Waals surface area contributed by atoms with Crippen LogP contribution in [0.5, 0.6) is 0 Å². The minimum Gasteiger partial charge on any atom is -0.387 e. The van der Waals surface area contributed by atoms with E-state index in [1.165, 1.54) is 12.1 Å². The van der Waals surface area contributed by atoms with Crippen LogP contribution in [-0.4, -0.2) is 5.84 Å². The summed E-state index contributed by atoms with van der Waals surface area (Å²) in [6.45, 7) is 1.88. The zero-order chi connectivity index (χ0) is 10.7. The van der Waals surface area contributed by atoms with Crippen molar-refractivity contribution < 1.29 is 4.39 Å². The van der Waals surface area contributed by atoms with E-state index in [4.69, 9.17) is 17.3 Å². The van der Waals surface area contributed by atoms with Gasteiger partial charge in [-0.25, -0.2) is 9.38 Å². The fourth-order valence-electron chi connectivity index (χ4n) is 0.864. The molecule has 0 bridgehead atoms. The van der Waals surface area contributed by atoms with Gasteiger partial charge >= 0.3 is 0 Å². The molecule has 1 rings (SSSR count). The van der Waals surface area contributed by atoms with Crippen molar-refractivity contribution in [1.82, 2.24) is 0 Å². The largest absolute Gasteiger partial charge is 0.387 e. The van der Waals surface area contributed by atoms with Crippen molar-refractivity contribution in [1.29, 1.82) is 0 Å². The summed E-state index contributed by atoms with van der Waals surface area (Å²) in [5.74, 6) is 0.0510. The van der Waals surface area contributed by atoms with Crippen LogP contribution in [-0.2, 0) is 0 Å². The lowest BCUT2D eigenvalue weighted by Crippen LogP contribution is -2.08. The van der Waals surface area contributed by atoms with Gasteiger partial charge in [0.2, 0.25) is 0 Å². The average Bonchev–Trinajstić information content (AvgIpc) is 2.10. The Kier molecular flexibility index (Phi) is 3.89. The van der Waals surface area contributed by atoms with Gasteiger partial charge in [0, 0.05) is 10.9 Å². The fraction of sp³-hybridized carbons (Fsp3) is 0.222. The Morgan fingerprint density at radius 2 is 2.29 bits per heavy atom. The van der Waals surface area contributed by atoms with E-state index in [0.29, 0.717) is 22.4 Å². The van der Waals surface area contributed by atoms with E-state index in [0.717, 1.165) is 0 Å². The molecule has 0 saturated heterocycles. The van der Waals surface area contributed by atoms with Crippen LogP contribution in [0.1, 0.15) is 13.3 Å². The van der Waals surface area contributed by atoms with Crippen LogP contribution in [0.2, 0.25) is 5.02 Å². The summed E-state index contributed by atoms with van der Waals surface area (Å²) in [7, 11) is 0. The third-order valence-electron chi connectivity index (χ3n) is 1.60. The van der Waals surface area contributed by atoms with Gasteiger partial charge in [-0.05, 0) is 28.1 Å². The Bertz CT molecular complexity index is 356. The van der Waals surface area contributed by atoms with Crippen LogP contribution < -0.4 is 5.73 Å². The van der Waals surface area contributed by atoms with Gasteiger partial charge in [0.05, 0.1) is 16.5 Å². The topological polar surface area (TPSA) is 38.4 Å². The van der Waals surface area contributed by atoms with Crippen molar-refractivity contribution in [3.05, 3.63) is 27.4 Å². The van der Waals surface area contributed by atoms with E-state index in [-0.39, 0.29) is 5.02 Å². The Morgan fingerprint density at radius 1 is 1.64 bits per heavy atom. The molecule has 14 heavy (non-hydrogen) atoms. The lowest BCUT2D eigenvalue weighted by molar-refractivity contribution is 0.627. The molecule has 0 amide bonds. The van der Waals surface area contributed by atoms with Crippen LogP contribution in [0.15, 0.2) is 21.6 Å². The first-order valence-corrected chi connectivity index (χ1v) is 5.19.